The normalized spacial score (nSPS) is 18.3. The van der Waals surface area contributed by atoms with Gasteiger partial charge in [-0.15, -0.1) is 0 Å². The minimum atomic E-state index is -0.707. The average Bonchev–Trinajstić information content (AvgIpc) is 2.98. The zero-order valence-corrected chi connectivity index (χ0v) is 23.5. The number of rotatable bonds is 11. The number of aliphatic hydroxyl groups excluding tert-OH is 2. The third kappa shape index (κ3) is 8.29. The van der Waals surface area contributed by atoms with Crippen molar-refractivity contribution in [3.05, 3.63) is 101 Å². The van der Waals surface area contributed by atoms with Crippen LogP contribution in [0.15, 0.2) is 73.0 Å². The Morgan fingerprint density at radius 2 is 2.02 bits per heavy atom. The molecule has 2 aliphatic rings. The minimum absolute atomic E-state index is 0.000648. The van der Waals surface area contributed by atoms with Crippen LogP contribution in [0.4, 0.5) is 0 Å². The number of hydrogen-bond acceptors (Lipinski definition) is 7. The van der Waals surface area contributed by atoms with Gasteiger partial charge >= 0.3 is 0 Å². The lowest BCUT2D eigenvalue weighted by atomic mass is 9.94. The first kappa shape index (κ1) is 30.0. The summed E-state index contributed by atoms with van der Waals surface area (Å²) in [6.07, 6.45) is 7.29. The number of carbonyl (C=O) groups excluding carboxylic acids is 2. The van der Waals surface area contributed by atoms with Gasteiger partial charge in [0.15, 0.2) is 0 Å². The molecule has 0 aliphatic carbocycles. The van der Waals surface area contributed by atoms with Gasteiger partial charge in [0.2, 0.25) is 5.91 Å². The Kier molecular flexibility index (Phi) is 10.3. The highest BCUT2D eigenvalue weighted by atomic mass is 16.5. The molecule has 6 N–H and O–H groups in total. The highest BCUT2D eigenvalue weighted by Crippen LogP contribution is 2.24. The van der Waals surface area contributed by atoms with Crippen molar-refractivity contribution in [2.45, 2.75) is 57.5 Å². The zero-order chi connectivity index (χ0) is 29.4. The number of carbonyl (C=O) groups is 2. The van der Waals surface area contributed by atoms with Gasteiger partial charge < -0.3 is 36.2 Å². The van der Waals surface area contributed by atoms with Crippen molar-refractivity contribution in [1.29, 1.82) is 0 Å². The second kappa shape index (κ2) is 14.1. The molecular formula is C32H40N4O5. The van der Waals surface area contributed by atoms with Crippen LogP contribution in [0.2, 0.25) is 0 Å². The molecule has 9 nitrogen and oxygen atoms in total. The Hall–Kier alpha value is -3.92. The topological polar surface area (TPSA) is 137 Å². The fourth-order valence-electron chi connectivity index (χ4n) is 4.93. The molecule has 2 amide bonds. The van der Waals surface area contributed by atoms with Crippen molar-refractivity contribution in [3.8, 4) is 5.75 Å². The summed E-state index contributed by atoms with van der Waals surface area (Å²) in [5.74, 6) is 0.487. The molecule has 2 aliphatic heterocycles. The quantitative estimate of drug-likeness (QED) is 0.162. The predicted molar refractivity (Wildman–Crippen MR) is 158 cm³/mol. The molecule has 3 atom stereocenters. The van der Waals surface area contributed by atoms with Crippen LogP contribution in [-0.4, -0.2) is 64.8 Å². The number of nitrogens with one attached hydrogen (secondary N) is 2. The van der Waals surface area contributed by atoms with Gasteiger partial charge in [0, 0.05) is 49.9 Å². The van der Waals surface area contributed by atoms with Crippen LogP contribution in [0, 0.1) is 0 Å². The lowest BCUT2D eigenvalue weighted by Crippen LogP contribution is -2.39. The summed E-state index contributed by atoms with van der Waals surface area (Å²) in [6, 6.07) is 11.6. The second-order valence-corrected chi connectivity index (χ2v) is 10.6. The molecule has 0 saturated carbocycles. The number of allylic oxidation sites excluding steroid dienone is 3. The van der Waals surface area contributed by atoms with Crippen molar-refractivity contribution in [3.63, 3.8) is 0 Å². The maximum Gasteiger partial charge on any atom is 0.251 e. The van der Waals surface area contributed by atoms with E-state index in [1.165, 1.54) is 35.4 Å². The summed E-state index contributed by atoms with van der Waals surface area (Å²) in [5, 5.41) is 25.9. The van der Waals surface area contributed by atoms with Crippen LogP contribution in [0.3, 0.4) is 0 Å². The number of fused-ring (bicyclic) bond motifs is 2. The number of nitrogens with two attached hydrogens (primary N) is 1. The van der Waals surface area contributed by atoms with Crippen molar-refractivity contribution in [1.82, 2.24) is 15.5 Å². The summed E-state index contributed by atoms with van der Waals surface area (Å²) in [7, 11) is 0. The monoisotopic (exact) mass is 560 g/mol. The fraction of sp³-hybridized carbons (Fsp3) is 0.375. The molecule has 3 unspecified atom stereocenters. The van der Waals surface area contributed by atoms with E-state index >= 15 is 0 Å². The van der Waals surface area contributed by atoms with Gasteiger partial charge in [0.25, 0.3) is 5.91 Å². The molecule has 0 radical (unpaired) electrons. The lowest BCUT2D eigenvalue weighted by molar-refractivity contribution is -0.126. The Morgan fingerprint density at radius 1 is 1.22 bits per heavy atom. The first-order valence-electron chi connectivity index (χ1n) is 14.0. The number of amides is 2. The molecule has 0 bridgehead atoms. The van der Waals surface area contributed by atoms with Gasteiger partial charge in [0.1, 0.15) is 24.2 Å². The van der Waals surface area contributed by atoms with Crippen LogP contribution in [0.25, 0.3) is 0 Å². The van der Waals surface area contributed by atoms with E-state index in [-0.39, 0.29) is 36.3 Å². The van der Waals surface area contributed by atoms with Crippen LogP contribution in [0.1, 0.15) is 46.0 Å². The van der Waals surface area contributed by atoms with E-state index in [1.807, 2.05) is 30.3 Å². The number of ether oxygens (including phenoxy) is 1. The Balaban J connectivity index is 1.23. The summed E-state index contributed by atoms with van der Waals surface area (Å²) >= 11 is 0. The van der Waals surface area contributed by atoms with E-state index in [2.05, 4.69) is 23.3 Å². The SMILES string of the molecule is C=C/C(O)=C\C=C\C(=O)N1CCc2cc(C(=O)NCCC3Cc4ccc(OCC(O)C(C)N)cc4CN3)ccc2C1. The molecule has 2 heterocycles. The first-order chi connectivity index (χ1) is 19.7. The third-order valence-electron chi connectivity index (χ3n) is 7.54. The Labute approximate surface area is 241 Å². The number of hydrogen-bond donors (Lipinski definition) is 5. The lowest BCUT2D eigenvalue weighted by Gasteiger charge is -2.28. The summed E-state index contributed by atoms with van der Waals surface area (Å²) in [5.41, 5.74) is 10.9. The van der Waals surface area contributed by atoms with E-state index < -0.39 is 6.10 Å². The van der Waals surface area contributed by atoms with Gasteiger partial charge in [-0.3, -0.25) is 9.59 Å². The Bertz CT molecular complexity index is 1320. The Morgan fingerprint density at radius 3 is 2.80 bits per heavy atom. The zero-order valence-electron chi connectivity index (χ0n) is 23.5. The largest absolute Gasteiger partial charge is 0.508 e. The van der Waals surface area contributed by atoms with E-state index in [0.29, 0.717) is 31.6 Å². The maximum atomic E-state index is 12.9. The minimum Gasteiger partial charge on any atom is -0.508 e. The summed E-state index contributed by atoms with van der Waals surface area (Å²) in [6.45, 7) is 7.69. The average molecular weight is 561 g/mol. The highest BCUT2D eigenvalue weighted by molar-refractivity contribution is 5.94. The molecule has 0 saturated heterocycles. The van der Waals surface area contributed by atoms with Crippen molar-refractivity contribution in [2.75, 3.05) is 19.7 Å². The molecule has 2 aromatic carbocycles. The molecule has 2 aromatic rings. The molecule has 0 spiro atoms. The molecule has 0 aromatic heterocycles. The molecule has 9 heteroatoms. The molecule has 4 rings (SSSR count). The summed E-state index contributed by atoms with van der Waals surface area (Å²) < 4.78 is 5.69. The van der Waals surface area contributed by atoms with Crippen LogP contribution in [0.5, 0.6) is 5.75 Å². The van der Waals surface area contributed by atoms with Gasteiger partial charge in [-0.2, -0.15) is 0 Å². The summed E-state index contributed by atoms with van der Waals surface area (Å²) in [4.78, 5) is 27.1. The van der Waals surface area contributed by atoms with Crippen molar-refractivity contribution < 1.29 is 24.5 Å². The standard InChI is InChI=1S/C32H40N4O5/c1-3-28(37)5-4-6-31(39)36-14-12-23-15-24(7-8-25(23)19-36)32(40)34-13-11-27-16-22-9-10-29(17-26(22)18-35-27)41-20-30(38)21(2)33/h3-10,15,17,21,27,30,35,37-38H,1,11-14,16,18-20,33H2,2H3,(H,34,40)/b6-4+,28-5+. The molecule has 41 heavy (non-hydrogen) atoms. The third-order valence-corrected chi connectivity index (χ3v) is 7.54. The molecule has 218 valence electrons. The highest BCUT2D eigenvalue weighted by Gasteiger charge is 2.22. The number of benzene rings is 2. The van der Waals surface area contributed by atoms with E-state index in [9.17, 15) is 19.8 Å². The van der Waals surface area contributed by atoms with E-state index in [0.717, 1.165) is 36.3 Å². The van der Waals surface area contributed by atoms with Gasteiger partial charge in [0.05, 0.1) is 0 Å². The second-order valence-electron chi connectivity index (χ2n) is 10.6. The van der Waals surface area contributed by atoms with Crippen LogP contribution in [-0.2, 0) is 30.7 Å². The van der Waals surface area contributed by atoms with Crippen molar-refractivity contribution >= 4 is 11.8 Å². The van der Waals surface area contributed by atoms with Crippen LogP contribution < -0.4 is 21.1 Å². The van der Waals surface area contributed by atoms with E-state index in [1.54, 1.807) is 11.8 Å². The predicted octanol–water partition coefficient (Wildman–Crippen LogP) is 2.68. The molecular weight excluding hydrogens is 520 g/mol. The van der Waals surface area contributed by atoms with Gasteiger partial charge in [-0.25, -0.2) is 0 Å². The van der Waals surface area contributed by atoms with Gasteiger partial charge in [-0.1, -0.05) is 24.8 Å². The van der Waals surface area contributed by atoms with Gasteiger partial charge in [-0.05, 0) is 84.9 Å². The van der Waals surface area contributed by atoms with Crippen LogP contribution >= 0.6 is 0 Å². The smallest absolute Gasteiger partial charge is 0.251 e. The van der Waals surface area contributed by atoms with Crippen molar-refractivity contribution in [2.24, 2.45) is 5.73 Å². The number of nitrogens with zero attached hydrogens (tertiary/aromatic N) is 1. The molecule has 0 fully saturated rings. The first-order valence-corrected chi connectivity index (χ1v) is 14.0. The number of aliphatic hydroxyl groups is 2. The van der Waals surface area contributed by atoms with E-state index in [4.69, 9.17) is 10.5 Å². The fourth-order valence-corrected chi connectivity index (χ4v) is 4.93. The maximum absolute atomic E-state index is 12.9.